The third-order valence-corrected chi connectivity index (χ3v) is 6.06. The van der Waals surface area contributed by atoms with Crippen LogP contribution in [0.3, 0.4) is 0 Å². The second-order valence-electron chi connectivity index (χ2n) is 8.42. The van der Waals surface area contributed by atoms with Crippen molar-refractivity contribution in [2.45, 2.75) is 37.3 Å². The van der Waals surface area contributed by atoms with Crippen molar-refractivity contribution < 1.29 is 18.7 Å². The van der Waals surface area contributed by atoms with Crippen molar-refractivity contribution in [3.05, 3.63) is 58.8 Å². The molecule has 0 atom stereocenters. The van der Waals surface area contributed by atoms with Crippen molar-refractivity contribution >= 4 is 29.1 Å². The van der Waals surface area contributed by atoms with Gasteiger partial charge in [0.25, 0.3) is 11.8 Å². The highest BCUT2D eigenvalue weighted by Gasteiger charge is 2.69. The maximum atomic E-state index is 13.4. The molecule has 8 nitrogen and oxygen atoms in total. The second-order valence-corrected chi connectivity index (χ2v) is 8.83. The number of aryl methyl sites for hydroxylation is 1. The Morgan fingerprint density at radius 3 is 2.71 bits per heavy atom. The van der Waals surface area contributed by atoms with Crippen LogP contribution >= 0.6 is 11.6 Å². The standard InChI is InChI=1S/C21H19ClFN5O3/c1-12-6-24-17-5-16(27-28(17)7-12)19(30)26-21-9-20(10-21,11-21)25-18(29)8-31-13-2-3-14(22)15(23)4-13/h2-7H,8-11H2,1H3,(H,25,29)(H,26,30). The smallest absolute Gasteiger partial charge is 0.272 e. The Kier molecular flexibility index (Phi) is 4.40. The molecule has 2 amide bonds. The van der Waals surface area contributed by atoms with E-state index >= 15 is 0 Å². The lowest BCUT2D eigenvalue weighted by Crippen LogP contribution is -2.84. The zero-order valence-electron chi connectivity index (χ0n) is 16.6. The van der Waals surface area contributed by atoms with E-state index in [1.807, 2.05) is 13.1 Å². The van der Waals surface area contributed by atoms with Crippen LogP contribution < -0.4 is 15.4 Å². The van der Waals surface area contributed by atoms with Crippen molar-refractivity contribution in [1.82, 2.24) is 25.2 Å². The summed E-state index contributed by atoms with van der Waals surface area (Å²) in [5, 5.41) is 10.3. The molecule has 2 aromatic heterocycles. The van der Waals surface area contributed by atoms with Gasteiger partial charge in [-0.3, -0.25) is 9.59 Å². The normalized spacial score (nSPS) is 23.6. The lowest BCUT2D eigenvalue weighted by molar-refractivity contribution is -0.141. The largest absolute Gasteiger partial charge is 0.484 e. The number of halogens is 2. The second kappa shape index (κ2) is 6.91. The van der Waals surface area contributed by atoms with Crippen LogP contribution in [-0.2, 0) is 4.79 Å². The van der Waals surface area contributed by atoms with E-state index in [0.29, 0.717) is 30.6 Å². The van der Waals surface area contributed by atoms with Crippen LogP contribution in [0.4, 0.5) is 4.39 Å². The van der Waals surface area contributed by atoms with Crippen LogP contribution in [0.2, 0.25) is 5.02 Å². The molecular weight excluding hydrogens is 425 g/mol. The molecule has 2 N–H and O–H groups in total. The van der Waals surface area contributed by atoms with Crippen LogP contribution in [0.15, 0.2) is 36.7 Å². The Balaban J connectivity index is 1.12. The SMILES string of the molecule is Cc1cnc2cc(C(=O)NC34CC(NC(=O)COc5ccc(Cl)c(F)c5)(C3)C4)nn2c1. The first-order valence-corrected chi connectivity index (χ1v) is 10.2. The number of aromatic nitrogens is 3. The number of benzene rings is 1. The summed E-state index contributed by atoms with van der Waals surface area (Å²) in [5.74, 6) is -0.920. The highest BCUT2D eigenvalue weighted by atomic mass is 35.5. The zero-order chi connectivity index (χ0) is 21.8. The molecule has 0 aliphatic heterocycles. The van der Waals surface area contributed by atoms with Crippen LogP contribution in [0, 0.1) is 12.7 Å². The molecule has 6 rings (SSSR count). The Labute approximate surface area is 181 Å². The number of carbonyl (C=O) groups is 2. The molecule has 3 aliphatic rings. The number of rotatable bonds is 6. The number of carbonyl (C=O) groups excluding carboxylic acids is 2. The van der Waals surface area contributed by atoms with Gasteiger partial charge < -0.3 is 15.4 Å². The summed E-state index contributed by atoms with van der Waals surface area (Å²) in [6, 6.07) is 5.66. The van der Waals surface area contributed by atoms with E-state index in [2.05, 4.69) is 20.7 Å². The van der Waals surface area contributed by atoms with Crippen molar-refractivity contribution in [2.24, 2.45) is 0 Å². The molecule has 0 saturated heterocycles. The van der Waals surface area contributed by atoms with Gasteiger partial charge in [-0.05, 0) is 43.9 Å². The average molecular weight is 444 g/mol. The number of amides is 2. The number of nitrogens with zero attached hydrogens (tertiary/aromatic N) is 3. The molecule has 10 heteroatoms. The summed E-state index contributed by atoms with van der Waals surface area (Å²) in [5.41, 5.74) is 1.23. The minimum Gasteiger partial charge on any atom is -0.484 e. The van der Waals surface area contributed by atoms with Gasteiger partial charge in [-0.15, -0.1) is 0 Å². The lowest BCUT2D eigenvalue weighted by atomic mass is 9.44. The minimum absolute atomic E-state index is 0.00645. The first-order chi connectivity index (χ1) is 14.7. The van der Waals surface area contributed by atoms with Gasteiger partial charge in [0.05, 0.1) is 5.02 Å². The molecule has 0 radical (unpaired) electrons. The molecule has 3 aliphatic carbocycles. The number of fused-ring (bicyclic) bond motifs is 1. The Hall–Kier alpha value is -3.20. The molecule has 160 valence electrons. The van der Waals surface area contributed by atoms with Gasteiger partial charge in [-0.25, -0.2) is 13.9 Å². The van der Waals surface area contributed by atoms with E-state index in [1.165, 1.54) is 12.1 Å². The Morgan fingerprint density at radius 2 is 1.97 bits per heavy atom. The Morgan fingerprint density at radius 1 is 1.23 bits per heavy atom. The van der Waals surface area contributed by atoms with Gasteiger partial charge in [0.2, 0.25) is 0 Å². The van der Waals surface area contributed by atoms with Gasteiger partial charge in [0.15, 0.2) is 17.9 Å². The average Bonchev–Trinajstić information content (AvgIpc) is 3.09. The van der Waals surface area contributed by atoms with E-state index in [9.17, 15) is 14.0 Å². The topological polar surface area (TPSA) is 97.6 Å². The van der Waals surface area contributed by atoms with Crippen molar-refractivity contribution in [1.29, 1.82) is 0 Å². The van der Waals surface area contributed by atoms with Crippen LogP contribution in [0.5, 0.6) is 5.75 Å². The number of hydrogen-bond donors (Lipinski definition) is 2. The van der Waals surface area contributed by atoms with Crippen LogP contribution in [0.25, 0.3) is 5.65 Å². The first kappa shape index (κ1) is 19.7. The van der Waals surface area contributed by atoms with E-state index in [0.717, 1.165) is 11.6 Å². The highest BCUT2D eigenvalue weighted by Crippen LogP contribution is 2.60. The molecule has 0 spiro atoms. The molecule has 3 saturated carbocycles. The quantitative estimate of drug-likeness (QED) is 0.609. The fourth-order valence-electron chi connectivity index (χ4n) is 4.49. The summed E-state index contributed by atoms with van der Waals surface area (Å²) < 4.78 is 20.3. The predicted molar refractivity (Wildman–Crippen MR) is 110 cm³/mol. The van der Waals surface area contributed by atoms with Crippen LogP contribution in [-0.4, -0.2) is 44.1 Å². The van der Waals surface area contributed by atoms with Gasteiger partial charge >= 0.3 is 0 Å². The molecular formula is C21H19ClFN5O3. The third-order valence-electron chi connectivity index (χ3n) is 5.75. The number of nitrogens with one attached hydrogen (secondary N) is 2. The lowest BCUT2D eigenvalue weighted by Gasteiger charge is -2.70. The van der Waals surface area contributed by atoms with E-state index in [1.54, 1.807) is 16.8 Å². The molecule has 3 fully saturated rings. The van der Waals surface area contributed by atoms with Crippen molar-refractivity contribution in [3.8, 4) is 5.75 Å². The van der Waals surface area contributed by atoms with Gasteiger partial charge in [-0.1, -0.05) is 11.6 Å². The monoisotopic (exact) mass is 443 g/mol. The van der Waals surface area contributed by atoms with Gasteiger partial charge in [0, 0.05) is 35.6 Å². The highest BCUT2D eigenvalue weighted by molar-refractivity contribution is 6.30. The molecule has 2 heterocycles. The van der Waals surface area contributed by atoms with Crippen LogP contribution in [0.1, 0.15) is 35.3 Å². The maximum Gasteiger partial charge on any atom is 0.272 e. The molecule has 3 aromatic rings. The fraction of sp³-hybridized carbons (Fsp3) is 0.333. The molecule has 1 aromatic carbocycles. The summed E-state index contributed by atoms with van der Waals surface area (Å²) >= 11 is 5.63. The van der Waals surface area contributed by atoms with E-state index in [4.69, 9.17) is 16.3 Å². The predicted octanol–water partition coefficient (Wildman–Crippen LogP) is 2.43. The summed E-state index contributed by atoms with van der Waals surface area (Å²) in [6.07, 6.45) is 5.48. The Bertz CT molecular complexity index is 1210. The van der Waals surface area contributed by atoms with E-state index in [-0.39, 0.29) is 40.3 Å². The van der Waals surface area contributed by atoms with Gasteiger partial charge in [0.1, 0.15) is 11.6 Å². The zero-order valence-corrected chi connectivity index (χ0v) is 17.4. The summed E-state index contributed by atoms with van der Waals surface area (Å²) in [7, 11) is 0. The third kappa shape index (κ3) is 3.59. The molecule has 31 heavy (non-hydrogen) atoms. The summed E-state index contributed by atoms with van der Waals surface area (Å²) in [4.78, 5) is 29.1. The molecule has 2 bridgehead atoms. The molecule has 0 unspecified atom stereocenters. The number of ether oxygens (including phenoxy) is 1. The maximum absolute atomic E-state index is 13.4. The number of hydrogen-bond acceptors (Lipinski definition) is 5. The van der Waals surface area contributed by atoms with E-state index < -0.39 is 5.82 Å². The summed E-state index contributed by atoms with van der Waals surface area (Å²) in [6.45, 7) is 1.68. The fourth-order valence-corrected chi connectivity index (χ4v) is 4.60. The minimum atomic E-state index is -0.604. The van der Waals surface area contributed by atoms with Crippen molar-refractivity contribution in [2.75, 3.05) is 6.61 Å². The first-order valence-electron chi connectivity index (χ1n) is 9.78. The van der Waals surface area contributed by atoms with Crippen molar-refractivity contribution in [3.63, 3.8) is 0 Å². The van der Waals surface area contributed by atoms with Gasteiger partial charge in [-0.2, -0.15) is 5.10 Å².